The molecule has 0 unspecified atom stereocenters. The Morgan fingerprint density at radius 3 is 2.63 bits per heavy atom. The summed E-state index contributed by atoms with van der Waals surface area (Å²) in [4.78, 5) is 26.0. The largest absolute Gasteiger partial charge is 0.586 e. The van der Waals surface area contributed by atoms with Crippen LogP contribution in [0.15, 0.2) is 18.2 Å². The first-order valence-electron chi connectivity index (χ1n) is 10.4. The maximum Gasteiger partial charge on any atom is 0.586 e. The minimum atomic E-state index is -3.59. The van der Waals surface area contributed by atoms with Crippen molar-refractivity contribution in [1.82, 2.24) is 10.2 Å². The molecule has 1 N–H and O–H groups in total. The van der Waals surface area contributed by atoms with Crippen LogP contribution in [0.1, 0.15) is 43.6 Å². The molecule has 3 heterocycles. The van der Waals surface area contributed by atoms with Crippen molar-refractivity contribution in [2.45, 2.75) is 44.3 Å². The van der Waals surface area contributed by atoms with Crippen molar-refractivity contribution in [2.24, 2.45) is 11.3 Å². The van der Waals surface area contributed by atoms with Crippen LogP contribution >= 0.6 is 0 Å². The van der Waals surface area contributed by atoms with Crippen LogP contribution in [-0.2, 0) is 9.53 Å². The first kappa shape index (κ1) is 19.4. The fourth-order valence-corrected chi connectivity index (χ4v) is 5.17. The van der Waals surface area contributed by atoms with Crippen LogP contribution in [0, 0.1) is 11.3 Å². The Kier molecular flexibility index (Phi) is 4.52. The number of carbonyl (C=O) groups excluding carboxylic acids is 2. The first-order chi connectivity index (χ1) is 14.3. The van der Waals surface area contributed by atoms with Gasteiger partial charge in [0.2, 0.25) is 5.91 Å². The molecule has 1 saturated carbocycles. The molecule has 1 atom stereocenters. The number of likely N-dealkylation sites (tertiary alicyclic amines) is 1. The number of nitrogens with one attached hydrogen (secondary N) is 1. The normalized spacial score (nSPS) is 27.1. The molecule has 9 heteroatoms. The van der Waals surface area contributed by atoms with E-state index in [-0.39, 0.29) is 35.3 Å². The van der Waals surface area contributed by atoms with Crippen molar-refractivity contribution in [3.05, 3.63) is 23.8 Å². The number of rotatable bonds is 2. The van der Waals surface area contributed by atoms with E-state index in [1.54, 1.807) is 12.1 Å². The summed E-state index contributed by atoms with van der Waals surface area (Å²) in [6.45, 7) is 2.02. The molecule has 1 aromatic carbocycles. The number of ether oxygens (including phenoxy) is 3. The Labute approximate surface area is 172 Å². The second-order valence-corrected chi connectivity index (χ2v) is 8.81. The Balaban J connectivity index is 1.15. The fraction of sp³-hybridized carbons (Fsp3) is 0.619. The second-order valence-electron chi connectivity index (χ2n) is 8.81. The maximum absolute atomic E-state index is 13.2. The van der Waals surface area contributed by atoms with Crippen molar-refractivity contribution in [2.75, 3.05) is 26.2 Å². The number of nitrogens with zero attached hydrogens (tertiary/aromatic N) is 1. The molecule has 1 spiro atoms. The number of alkyl halides is 2. The molecule has 5 rings (SSSR count). The zero-order valence-electron chi connectivity index (χ0n) is 16.5. The number of carbonyl (C=O) groups is 2. The van der Waals surface area contributed by atoms with Crippen molar-refractivity contribution >= 4 is 12.0 Å². The molecule has 2 saturated heterocycles. The summed E-state index contributed by atoms with van der Waals surface area (Å²) >= 11 is 0. The van der Waals surface area contributed by atoms with Crippen molar-refractivity contribution in [3.63, 3.8) is 0 Å². The molecule has 0 aromatic heterocycles. The molecule has 3 fully saturated rings. The monoisotopic (exact) mass is 422 g/mol. The number of fused-ring (bicyclic) bond motifs is 1. The van der Waals surface area contributed by atoms with Gasteiger partial charge in [-0.25, -0.2) is 4.79 Å². The molecule has 3 aliphatic heterocycles. The quantitative estimate of drug-likeness (QED) is 0.792. The van der Waals surface area contributed by atoms with Gasteiger partial charge in [0.1, 0.15) is 0 Å². The third-order valence-corrected chi connectivity index (χ3v) is 6.93. The van der Waals surface area contributed by atoms with E-state index in [1.165, 1.54) is 0 Å². The Morgan fingerprint density at radius 1 is 1.13 bits per heavy atom. The molecule has 2 amide bonds. The van der Waals surface area contributed by atoms with E-state index in [1.807, 2.05) is 11.0 Å². The van der Waals surface area contributed by atoms with E-state index in [0.29, 0.717) is 32.0 Å². The maximum atomic E-state index is 13.2. The molecule has 162 valence electrons. The van der Waals surface area contributed by atoms with Gasteiger partial charge in [-0.05, 0) is 61.1 Å². The number of benzene rings is 1. The highest BCUT2D eigenvalue weighted by Gasteiger charge is 2.48. The third-order valence-electron chi connectivity index (χ3n) is 6.93. The lowest BCUT2D eigenvalue weighted by Crippen LogP contribution is -2.50. The number of alkyl carbamates (subject to hydrolysis) is 1. The fourth-order valence-electron chi connectivity index (χ4n) is 5.17. The van der Waals surface area contributed by atoms with Crippen LogP contribution in [0.5, 0.6) is 11.5 Å². The number of hydrogen-bond acceptors (Lipinski definition) is 5. The van der Waals surface area contributed by atoms with Gasteiger partial charge in [-0.1, -0.05) is 6.07 Å². The third kappa shape index (κ3) is 3.54. The predicted octanol–water partition coefficient (Wildman–Crippen LogP) is 3.24. The standard InChI is InChI=1S/C21H24F2N2O5/c22-21(23)29-16-2-1-13(9-17(16)30-21)15-10-20(11-15)4-6-25(7-5-20)18(26)14-3-8-28-19(27)24-12-14/h1-2,9,14-15H,3-8,10-12H2,(H,24,27)/t14-/m1/s1. The number of hydrogen-bond donors (Lipinski definition) is 1. The molecule has 0 radical (unpaired) electrons. The number of amides is 2. The summed E-state index contributed by atoms with van der Waals surface area (Å²) < 4.78 is 40.4. The van der Waals surface area contributed by atoms with Gasteiger partial charge in [0, 0.05) is 19.6 Å². The minimum Gasteiger partial charge on any atom is -0.450 e. The zero-order chi connectivity index (χ0) is 20.9. The van der Waals surface area contributed by atoms with E-state index in [2.05, 4.69) is 14.8 Å². The van der Waals surface area contributed by atoms with E-state index < -0.39 is 12.4 Å². The molecular formula is C21H24F2N2O5. The first-order valence-corrected chi connectivity index (χ1v) is 10.4. The van der Waals surface area contributed by atoms with Crippen LogP contribution in [0.3, 0.4) is 0 Å². The van der Waals surface area contributed by atoms with Crippen LogP contribution in [0.2, 0.25) is 0 Å². The second kappa shape index (κ2) is 6.99. The molecule has 30 heavy (non-hydrogen) atoms. The minimum absolute atomic E-state index is 0.0738. The summed E-state index contributed by atoms with van der Waals surface area (Å²) in [6.07, 6.45) is 0.339. The van der Waals surface area contributed by atoms with E-state index >= 15 is 0 Å². The van der Waals surface area contributed by atoms with Gasteiger partial charge in [0.25, 0.3) is 0 Å². The Bertz CT molecular complexity index is 861. The lowest BCUT2D eigenvalue weighted by molar-refractivity contribution is -0.286. The van der Waals surface area contributed by atoms with Crippen LogP contribution in [0.4, 0.5) is 13.6 Å². The average molecular weight is 422 g/mol. The summed E-state index contributed by atoms with van der Waals surface area (Å²) in [5.74, 6) is 0.335. The van der Waals surface area contributed by atoms with E-state index in [9.17, 15) is 18.4 Å². The van der Waals surface area contributed by atoms with Gasteiger partial charge in [-0.2, -0.15) is 0 Å². The predicted molar refractivity (Wildman–Crippen MR) is 100 cm³/mol. The summed E-state index contributed by atoms with van der Waals surface area (Å²) in [5, 5.41) is 2.63. The SMILES string of the molecule is O=C1NC[C@H](C(=O)N2CCC3(CC2)CC(c2ccc4c(c2)OC(F)(F)O4)C3)CCO1. The smallest absolute Gasteiger partial charge is 0.450 e. The number of halogens is 2. The van der Waals surface area contributed by atoms with Crippen LogP contribution in [-0.4, -0.2) is 49.4 Å². The molecule has 1 aromatic rings. The van der Waals surface area contributed by atoms with Crippen molar-refractivity contribution < 1.29 is 32.6 Å². The zero-order valence-corrected chi connectivity index (χ0v) is 16.5. The Hall–Kier alpha value is -2.58. The Morgan fingerprint density at radius 2 is 1.87 bits per heavy atom. The van der Waals surface area contributed by atoms with Gasteiger partial charge in [0.05, 0.1) is 12.5 Å². The topological polar surface area (TPSA) is 77.1 Å². The van der Waals surface area contributed by atoms with Gasteiger partial charge < -0.3 is 24.4 Å². The molecule has 0 bridgehead atoms. The van der Waals surface area contributed by atoms with E-state index in [4.69, 9.17) is 4.74 Å². The lowest BCUT2D eigenvalue weighted by Gasteiger charge is -2.52. The van der Waals surface area contributed by atoms with Gasteiger partial charge in [0.15, 0.2) is 11.5 Å². The summed E-state index contributed by atoms with van der Waals surface area (Å²) in [6, 6.07) is 5.05. The number of piperidine rings is 1. The highest BCUT2D eigenvalue weighted by Crippen LogP contribution is 2.57. The molecule has 4 aliphatic rings. The molecule has 7 nitrogen and oxygen atoms in total. The number of cyclic esters (lactones) is 1. The van der Waals surface area contributed by atoms with Crippen molar-refractivity contribution in [3.8, 4) is 11.5 Å². The summed E-state index contributed by atoms with van der Waals surface area (Å²) in [5.41, 5.74) is 1.20. The lowest BCUT2D eigenvalue weighted by atomic mass is 9.56. The van der Waals surface area contributed by atoms with Crippen LogP contribution in [0.25, 0.3) is 0 Å². The highest BCUT2D eigenvalue weighted by molar-refractivity contribution is 5.80. The molecule has 1 aliphatic carbocycles. The average Bonchev–Trinajstić information content (AvgIpc) is 2.84. The molecular weight excluding hydrogens is 398 g/mol. The van der Waals surface area contributed by atoms with E-state index in [0.717, 1.165) is 31.2 Å². The summed E-state index contributed by atoms with van der Waals surface area (Å²) in [7, 11) is 0. The van der Waals surface area contributed by atoms with Gasteiger partial charge in [-0.3, -0.25) is 4.79 Å². The van der Waals surface area contributed by atoms with Gasteiger partial charge >= 0.3 is 12.4 Å². The highest BCUT2D eigenvalue weighted by atomic mass is 19.3. The van der Waals surface area contributed by atoms with Crippen LogP contribution < -0.4 is 14.8 Å². The van der Waals surface area contributed by atoms with Crippen molar-refractivity contribution in [1.29, 1.82) is 0 Å². The van der Waals surface area contributed by atoms with Gasteiger partial charge in [-0.15, -0.1) is 8.78 Å².